The molecule has 0 spiro atoms. The van der Waals surface area contributed by atoms with Gasteiger partial charge in [0.2, 0.25) is 0 Å². The molecule has 0 unspecified atom stereocenters. The molecule has 0 atom stereocenters. The molecule has 2 aromatic rings. The lowest BCUT2D eigenvalue weighted by atomic mass is 9.97. The number of carbonyl (C=O) groups excluding carboxylic acids is 1. The van der Waals surface area contributed by atoms with E-state index in [4.69, 9.17) is 4.42 Å². The molecule has 0 aliphatic carbocycles. The summed E-state index contributed by atoms with van der Waals surface area (Å²) in [5.41, 5.74) is 1.45. The van der Waals surface area contributed by atoms with Crippen LogP contribution in [-0.2, 0) is 13.1 Å². The molecule has 2 aromatic heterocycles. The summed E-state index contributed by atoms with van der Waals surface area (Å²) in [4.78, 5) is 17.1. The van der Waals surface area contributed by atoms with Gasteiger partial charge in [-0.25, -0.2) is 4.98 Å². The largest absolute Gasteiger partial charge is 0.461 e. The number of aromatic nitrogens is 2. The summed E-state index contributed by atoms with van der Waals surface area (Å²) >= 11 is 0. The van der Waals surface area contributed by atoms with Gasteiger partial charge in [-0.1, -0.05) is 20.8 Å². The lowest BCUT2D eigenvalue weighted by Gasteiger charge is -2.20. The Morgan fingerprint density at radius 2 is 2.32 bits per heavy atom. The highest BCUT2D eigenvalue weighted by Crippen LogP contribution is 2.24. The molecule has 0 saturated carbocycles. The second-order valence-electron chi connectivity index (χ2n) is 6.78. The van der Waals surface area contributed by atoms with E-state index in [-0.39, 0.29) is 11.3 Å². The van der Waals surface area contributed by atoms with Crippen molar-refractivity contribution in [2.24, 2.45) is 5.41 Å². The van der Waals surface area contributed by atoms with Crippen molar-refractivity contribution in [3.8, 4) is 11.6 Å². The summed E-state index contributed by atoms with van der Waals surface area (Å²) in [5, 5.41) is 6.27. The average molecular weight is 302 g/mol. The number of rotatable bonds is 3. The number of carbonyl (C=O) groups is 1. The third-order valence-electron chi connectivity index (χ3n) is 3.61. The lowest BCUT2D eigenvalue weighted by Crippen LogP contribution is -2.34. The Hall–Kier alpha value is -2.08. The summed E-state index contributed by atoms with van der Waals surface area (Å²) in [5.74, 6) is 1.29. The highest BCUT2D eigenvalue weighted by atomic mass is 16.3. The first kappa shape index (κ1) is 14.8. The van der Waals surface area contributed by atoms with E-state index in [0.29, 0.717) is 24.5 Å². The fourth-order valence-corrected chi connectivity index (χ4v) is 2.51. The number of hydrogen-bond acceptors (Lipinski definition) is 4. The third kappa shape index (κ3) is 2.92. The first-order valence-corrected chi connectivity index (χ1v) is 7.58. The van der Waals surface area contributed by atoms with Crippen LogP contribution in [0, 0.1) is 5.41 Å². The number of hydrogen-bond donors (Lipinski definition) is 2. The zero-order chi connectivity index (χ0) is 15.7. The Morgan fingerprint density at radius 1 is 1.50 bits per heavy atom. The Labute approximate surface area is 129 Å². The van der Waals surface area contributed by atoms with Gasteiger partial charge in [0.25, 0.3) is 5.91 Å². The minimum absolute atomic E-state index is 0.0392. The van der Waals surface area contributed by atoms with Crippen LogP contribution in [-0.4, -0.2) is 28.5 Å². The van der Waals surface area contributed by atoms with E-state index in [9.17, 15) is 4.79 Å². The maximum absolute atomic E-state index is 12.5. The Morgan fingerprint density at radius 3 is 3.00 bits per heavy atom. The quantitative estimate of drug-likeness (QED) is 0.910. The second-order valence-corrected chi connectivity index (χ2v) is 6.78. The Balaban J connectivity index is 1.93. The van der Waals surface area contributed by atoms with E-state index < -0.39 is 0 Å². The van der Waals surface area contributed by atoms with Crippen LogP contribution in [0.2, 0.25) is 0 Å². The van der Waals surface area contributed by atoms with Gasteiger partial charge < -0.3 is 19.6 Å². The monoisotopic (exact) mass is 302 g/mol. The fourth-order valence-electron chi connectivity index (χ4n) is 2.51. The van der Waals surface area contributed by atoms with E-state index in [0.717, 1.165) is 24.6 Å². The normalized spacial score (nSPS) is 14.7. The van der Waals surface area contributed by atoms with Crippen molar-refractivity contribution in [2.75, 3.05) is 13.1 Å². The van der Waals surface area contributed by atoms with Gasteiger partial charge in [-0.15, -0.1) is 0 Å². The van der Waals surface area contributed by atoms with E-state index in [1.54, 1.807) is 6.26 Å². The smallest absolute Gasteiger partial charge is 0.271 e. The molecule has 0 fully saturated rings. The van der Waals surface area contributed by atoms with Crippen LogP contribution in [0.3, 0.4) is 0 Å². The molecule has 1 aliphatic heterocycles. The van der Waals surface area contributed by atoms with Crippen LogP contribution < -0.4 is 10.6 Å². The van der Waals surface area contributed by atoms with Crippen LogP contribution >= 0.6 is 0 Å². The minimum atomic E-state index is -0.125. The van der Waals surface area contributed by atoms with E-state index in [1.165, 1.54) is 0 Å². The van der Waals surface area contributed by atoms with Crippen molar-refractivity contribution < 1.29 is 9.21 Å². The van der Waals surface area contributed by atoms with E-state index in [2.05, 4.69) is 41.0 Å². The van der Waals surface area contributed by atoms with Gasteiger partial charge in [0, 0.05) is 26.2 Å². The highest BCUT2D eigenvalue weighted by molar-refractivity contribution is 5.94. The third-order valence-corrected chi connectivity index (χ3v) is 3.61. The van der Waals surface area contributed by atoms with Crippen LogP contribution in [0.15, 0.2) is 22.8 Å². The van der Waals surface area contributed by atoms with Crippen LogP contribution in [0.1, 0.15) is 37.0 Å². The molecule has 118 valence electrons. The molecule has 0 bridgehead atoms. The van der Waals surface area contributed by atoms with Crippen molar-refractivity contribution in [3.63, 3.8) is 0 Å². The molecule has 3 rings (SSSR count). The standard InChI is InChI=1S/C16H22N4O2/c1-16(2,3)10-18-15(21)13-11-9-17-6-7-20(11)14(19-13)12-5-4-8-22-12/h4-5,8,17H,6-7,9-10H2,1-3H3,(H,18,21). The summed E-state index contributed by atoms with van der Waals surface area (Å²) < 4.78 is 7.53. The van der Waals surface area contributed by atoms with Gasteiger partial charge in [-0.2, -0.15) is 0 Å². The molecule has 0 aromatic carbocycles. The number of nitrogens with zero attached hydrogens (tertiary/aromatic N) is 2. The molecule has 6 heteroatoms. The fraction of sp³-hybridized carbons (Fsp3) is 0.500. The number of fused-ring (bicyclic) bond motifs is 1. The zero-order valence-corrected chi connectivity index (χ0v) is 13.3. The molecule has 3 heterocycles. The van der Waals surface area contributed by atoms with Crippen molar-refractivity contribution in [1.82, 2.24) is 20.2 Å². The molecule has 0 radical (unpaired) electrons. The minimum Gasteiger partial charge on any atom is -0.461 e. The Kier molecular flexibility index (Phi) is 3.78. The number of nitrogens with one attached hydrogen (secondary N) is 2. The first-order chi connectivity index (χ1) is 10.5. The van der Waals surface area contributed by atoms with Gasteiger partial charge in [-0.3, -0.25) is 4.79 Å². The summed E-state index contributed by atoms with van der Waals surface area (Å²) in [7, 11) is 0. The molecule has 1 aliphatic rings. The van der Waals surface area contributed by atoms with Crippen LogP contribution in [0.5, 0.6) is 0 Å². The molecule has 0 saturated heterocycles. The molecular formula is C16H22N4O2. The van der Waals surface area contributed by atoms with Gasteiger partial charge >= 0.3 is 0 Å². The molecular weight excluding hydrogens is 280 g/mol. The van der Waals surface area contributed by atoms with E-state index in [1.807, 2.05) is 12.1 Å². The number of amides is 1. The lowest BCUT2D eigenvalue weighted by molar-refractivity contribution is 0.0933. The molecule has 2 N–H and O–H groups in total. The van der Waals surface area contributed by atoms with Gasteiger partial charge in [-0.05, 0) is 17.5 Å². The number of furan rings is 1. The zero-order valence-electron chi connectivity index (χ0n) is 13.3. The Bertz CT molecular complexity index is 665. The number of imidazole rings is 1. The summed E-state index contributed by atoms with van der Waals surface area (Å²) in [6, 6.07) is 3.70. The molecule has 1 amide bonds. The van der Waals surface area contributed by atoms with Gasteiger partial charge in [0.1, 0.15) is 0 Å². The summed E-state index contributed by atoms with van der Waals surface area (Å²) in [6.45, 7) is 9.17. The highest BCUT2D eigenvalue weighted by Gasteiger charge is 2.26. The maximum Gasteiger partial charge on any atom is 0.271 e. The van der Waals surface area contributed by atoms with Crippen LogP contribution in [0.25, 0.3) is 11.6 Å². The van der Waals surface area contributed by atoms with Crippen molar-refractivity contribution in [1.29, 1.82) is 0 Å². The van der Waals surface area contributed by atoms with Gasteiger partial charge in [0.05, 0.1) is 12.0 Å². The maximum atomic E-state index is 12.5. The van der Waals surface area contributed by atoms with Crippen molar-refractivity contribution in [2.45, 2.75) is 33.9 Å². The topological polar surface area (TPSA) is 72.1 Å². The van der Waals surface area contributed by atoms with Crippen LogP contribution in [0.4, 0.5) is 0 Å². The second kappa shape index (κ2) is 5.61. The average Bonchev–Trinajstić information content (AvgIpc) is 3.11. The van der Waals surface area contributed by atoms with Crippen molar-refractivity contribution in [3.05, 3.63) is 29.8 Å². The predicted molar refractivity (Wildman–Crippen MR) is 83.4 cm³/mol. The van der Waals surface area contributed by atoms with Crippen molar-refractivity contribution >= 4 is 5.91 Å². The van der Waals surface area contributed by atoms with Gasteiger partial charge in [0.15, 0.2) is 17.3 Å². The first-order valence-electron chi connectivity index (χ1n) is 7.58. The summed E-state index contributed by atoms with van der Waals surface area (Å²) in [6.07, 6.45) is 1.62. The van der Waals surface area contributed by atoms with E-state index >= 15 is 0 Å². The molecule has 22 heavy (non-hydrogen) atoms. The molecule has 6 nitrogen and oxygen atoms in total. The SMILES string of the molecule is CC(C)(C)CNC(=O)c1nc(-c2ccco2)n2c1CNCC2. The predicted octanol–water partition coefficient (Wildman–Crippen LogP) is 2.02.